The number of hydrogen-bond acceptors (Lipinski definition) is 4. The zero-order chi connectivity index (χ0) is 19.4. The minimum atomic E-state index is -0.876. The number of carbonyl (C=O) groups is 3. The Balaban J connectivity index is 2.63. The molecule has 0 saturated carbocycles. The largest absolute Gasteiger partial charge is 0.452 e. The molecule has 2 amide bonds. The van der Waals surface area contributed by atoms with Crippen LogP contribution in [0.15, 0.2) is 12.1 Å². The molecule has 0 unspecified atom stereocenters. The molecular formula is C16H19Cl3N2O4. The lowest BCUT2D eigenvalue weighted by Gasteiger charge is -2.23. The Morgan fingerprint density at radius 3 is 2.24 bits per heavy atom. The molecule has 25 heavy (non-hydrogen) atoms. The van der Waals surface area contributed by atoms with E-state index in [0.717, 1.165) is 4.90 Å². The van der Waals surface area contributed by atoms with Gasteiger partial charge in [-0.3, -0.25) is 9.59 Å². The molecule has 0 bridgehead atoms. The van der Waals surface area contributed by atoms with Crippen molar-refractivity contribution in [2.45, 2.75) is 26.3 Å². The van der Waals surface area contributed by atoms with E-state index in [1.807, 2.05) is 20.8 Å². The third-order valence-electron chi connectivity index (χ3n) is 2.90. The monoisotopic (exact) mass is 408 g/mol. The van der Waals surface area contributed by atoms with Crippen LogP contribution in [0.2, 0.25) is 15.1 Å². The Morgan fingerprint density at radius 1 is 1.12 bits per heavy atom. The molecule has 0 spiro atoms. The van der Waals surface area contributed by atoms with Crippen molar-refractivity contribution in [1.82, 2.24) is 10.2 Å². The van der Waals surface area contributed by atoms with Gasteiger partial charge in [0.1, 0.15) is 0 Å². The van der Waals surface area contributed by atoms with Crippen LogP contribution >= 0.6 is 34.8 Å². The molecule has 0 aromatic heterocycles. The van der Waals surface area contributed by atoms with Gasteiger partial charge in [0.15, 0.2) is 6.61 Å². The van der Waals surface area contributed by atoms with Crippen LogP contribution in [-0.2, 0) is 14.3 Å². The molecule has 6 nitrogen and oxygen atoms in total. The van der Waals surface area contributed by atoms with Gasteiger partial charge in [-0.2, -0.15) is 0 Å². The maximum absolute atomic E-state index is 12.1. The molecule has 0 atom stereocenters. The summed E-state index contributed by atoms with van der Waals surface area (Å²) < 4.78 is 4.92. The van der Waals surface area contributed by atoms with Crippen molar-refractivity contribution in [3.05, 3.63) is 32.8 Å². The normalized spacial score (nSPS) is 11.0. The first-order chi connectivity index (χ1) is 11.4. The number of hydrogen-bond donors (Lipinski definition) is 1. The second-order valence-corrected chi connectivity index (χ2v) is 7.53. The fourth-order valence-electron chi connectivity index (χ4n) is 1.79. The van der Waals surface area contributed by atoms with Crippen LogP contribution in [0.3, 0.4) is 0 Å². The molecule has 1 rings (SSSR count). The number of amides is 2. The fraction of sp³-hybridized carbons (Fsp3) is 0.438. The number of likely N-dealkylation sites (N-methyl/N-ethyl adjacent to an activating group) is 1. The zero-order valence-corrected chi connectivity index (χ0v) is 16.6. The number of halogens is 3. The highest BCUT2D eigenvalue weighted by Gasteiger charge is 2.22. The van der Waals surface area contributed by atoms with Crippen LogP contribution in [0.4, 0.5) is 0 Å². The van der Waals surface area contributed by atoms with Crippen LogP contribution in [-0.4, -0.2) is 48.4 Å². The third-order valence-corrected chi connectivity index (χ3v) is 4.02. The predicted molar refractivity (Wildman–Crippen MR) is 97.3 cm³/mol. The lowest BCUT2D eigenvalue weighted by Crippen LogP contribution is -2.46. The minimum absolute atomic E-state index is 0.0514. The Hall–Kier alpha value is -1.50. The first kappa shape index (κ1) is 21.5. The van der Waals surface area contributed by atoms with Crippen LogP contribution in [0.1, 0.15) is 31.1 Å². The molecule has 0 fully saturated rings. The number of carbonyl (C=O) groups excluding carboxylic acids is 3. The molecule has 0 aliphatic carbocycles. The summed E-state index contributed by atoms with van der Waals surface area (Å²) >= 11 is 17.7. The Bertz CT molecular complexity index is 687. The summed E-state index contributed by atoms with van der Waals surface area (Å²) in [6.07, 6.45) is 0. The summed E-state index contributed by atoms with van der Waals surface area (Å²) in [6.45, 7) is 4.76. The molecule has 9 heteroatoms. The number of ether oxygens (including phenoxy) is 1. The lowest BCUT2D eigenvalue weighted by molar-refractivity contribution is -0.137. The standard InChI is InChI=1S/C16H19Cl3N2O4/c1-16(2,3)20-11(22)7-21(4)12(23)8-25-15(24)13-9(17)5-6-10(18)14(13)19/h5-6H,7-8H2,1-4H3,(H,20,22). The number of benzene rings is 1. The van der Waals surface area contributed by atoms with E-state index in [0.29, 0.717) is 0 Å². The number of rotatable bonds is 5. The van der Waals surface area contributed by atoms with Gasteiger partial charge < -0.3 is 15.0 Å². The van der Waals surface area contributed by atoms with Gasteiger partial charge in [0.2, 0.25) is 5.91 Å². The predicted octanol–water partition coefficient (Wildman–Crippen LogP) is 3.18. The van der Waals surface area contributed by atoms with Gasteiger partial charge in [0.25, 0.3) is 5.91 Å². The number of nitrogens with zero attached hydrogens (tertiary/aromatic N) is 1. The summed E-state index contributed by atoms with van der Waals surface area (Å²) in [5.74, 6) is -1.75. The van der Waals surface area contributed by atoms with Gasteiger partial charge in [-0.25, -0.2) is 4.79 Å². The quantitative estimate of drug-likeness (QED) is 0.598. The van der Waals surface area contributed by atoms with Gasteiger partial charge in [-0.15, -0.1) is 0 Å². The van der Waals surface area contributed by atoms with Crippen molar-refractivity contribution < 1.29 is 19.1 Å². The molecule has 1 aromatic carbocycles. The van der Waals surface area contributed by atoms with E-state index in [2.05, 4.69) is 5.32 Å². The topological polar surface area (TPSA) is 75.7 Å². The Kier molecular flexibility index (Phi) is 7.53. The second-order valence-electron chi connectivity index (χ2n) is 6.34. The van der Waals surface area contributed by atoms with Crippen LogP contribution in [0.25, 0.3) is 0 Å². The maximum atomic E-state index is 12.1. The summed E-state index contributed by atoms with van der Waals surface area (Å²) in [5, 5.41) is 2.87. The minimum Gasteiger partial charge on any atom is -0.452 e. The first-order valence-electron chi connectivity index (χ1n) is 7.28. The summed E-state index contributed by atoms with van der Waals surface area (Å²) in [6, 6.07) is 2.84. The van der Waals surface area contributed by atoms with E-state index in [4.69, 9.17) is 39.5 Å². The van der Waals surface area contributed by atoms with E-state index < -0.39 is 24.0 Å². The molecular weight excluding hydrogens is 391 g/mol. The van der Waals surface area contributed by atoms with E-state index in [1.165, 1.54) is 19.2 Å². The SMILES string of the molecule is CN(CC(=O)NC(C)(C)C)C(=O)COC(=O)c1c(Cl)ccc(Cl)c1Cl. The number of esters is 1. The molecule has 1 N–H and O–H groups in total. The average Bonchev–Trinajstić information content (AvgIpc) is 2.46. The maximum Gasteiger partial charge on any atom is 0.341 e. The van der Waals surface area contributed by atoms with E-state index >= 15 is 0 Å². The van der Waals surface area contributed by atoms with Crippen molar-refractivity contribution in [3.63, 3.8) is 0 Å². The molecule has 0 aliphatic rings. The van der Waals surface area contributed by atoms with Gasteiger partial charge in [0, 0.05) is 12.6 Å². The van der Waals surface area contributed by atoms with E-state index in [9.17, 15) is 14.4 Å². The van der Waals surface area contributed by atoms with Crippen LogP contribution < -0.4 is 5.32 Å². The fourth-order valence-corrected chi connectivity index (χ4v) is 2.47. The molecule has 138 valence electrons. The summed E-state index contributed by atoms with van der Waals surface area (Å²) in [5.41, 5.74) is -0.523. The highest BCUT2D eigenvalue weighted by atomic mass is 35.5. The molecule has 0 heterocycles. The third kappa shape index (κ3) is 6.72. The smallest absolute Gasteiger partial charge is 0.341 e. The molecule has 0 radical (unpaired) electrons. The first-order valence-corrected chi connectivity index (χ1v) is 8.41. The van der Waals surface area contributed by atoms with Crippen molar-refractivity contribution in [3.8, 4) is 0 Å². The second kappa shape index (κ2) is 8.74. The summed E-state index contributed by atoms with van der Waals surface area (Å²) in [7, 11) is 1.43. The van der Waals surface area contributed by atoms with Gasteiger partial charge in [0.05, 0.1) is 27.2 Å². The summed E-state index contributed by atoms with van der Waals surface area (Å²) in [4.78, 5) is 37.0. The van der Waals surface area contributed by atoms with Crippen LogP contribution in [0, 0.1) is 0 Å². The molecule has 1 aromatic rings. The zero-order valence-electron chi connectivity index (χ0n) is 14.3. The van der Waals surface area contributed by atoms with Gasteiger partial charge >= 0.3 is 5.97 Å². The number of nitrogens with one attached hydrogen (secondary N) is 1. The van der Waals surface area contributed by atoms with Crippen molar-refractivity contribution >= 4 is 52.6 Å². The molecule has 0 aliphatic heterocycles. The van der Waals surface area contributed by atoms with E-state index in [1.54, 1.807) is 0 Å². The molecule has 0 saturated heterocycles. The van der Waals surface area contributed by atoms with Gasteiger partial charge in [-0.05, 0) is 32.9 Å². The average molecular weight is 410 g/mol. The van der Waals surface area contributed by atoms with Crippen LogP contribution in [0.5, 0.6) is 0 Å². The van der Waals surface area contributed by atoms with Crippen molar-refractivity contribution in [2.75, 3.05) is 20.2 Å². The lowest BCUT2D eigenvalue weighted by atomic mass is 10.1. The highest BCUT2D eigenvalue weighted by molar-refractivity contribution is 6.46. The highest BCUT2D eigenvalue weighted by Crippen LogP contribution is 2.31. The van der Waals surface area contributed by atoms with E-state index in [-0.39, 0.29) is 33.1 Å². The van der Waals surface area contributed by atoms with Crippen molar-refractivity contribution in [2.24, 2.45) is 0 Å². The van der Waals surface area contributed by atoms with Gasteiger partial charge in [-0.1, -0.05) is 34.8 Å². The Labute approximate surface area is 161 Å². The van der Waals surface area contributed by atoms with Crippen molar-refractivity contribution in [1.29, 1.82) is 0 Å². The Morgan fingerprint density at radius 2 is 1.68 bits per heavy atom.